The van der Waals surface area contributed by atoms with Crippen molar-refractivity contribution in [2.45, 2.75) is 39.7 Å². The number of piperidine rings is 1. The van der Waals surface area contributed by atoms with Crippen LogP contribution in [-0.4, -0.2) is 25.1 Å². The molecule has 1 aromatic carbocycles. The fourth-order valence-electron chi connectivity index (χ4n) is 2.43. The van der Waals surface area contributed by atoms with E-state index in [1.165, 1.54) is 0 Å². The third-order valence-electron chi connectivity index (χ3n) is 3.50. The maximum absolute atomic E-state index is 12.2. The zero-order valence-corrected chi connectivity index (χ0v) is 12.5. The highest BCUT2D eigenvalue weighted by Gasteiger charge is 2.21. The monoisotopic (exact) mass is 276 g/mol. The van der Waals surface area contributed by atoms with Crippen LogP contribution < -0.4 is 15.4 Å². The molecule has 0 radical (unpaired) electrons. The number of carbonyl (C=O) groups excluding carboxylic acids is 1. The average molecular weight is 276 g/mol. The molecule has 1 heterocycles. The minimum Gasteiger partial charge on any atom is -0.491 e. The molecular formula is C16H24N2O2. The number of hydrogen-bond acceptors (Lipinski definition) is 3. The largest absolute Gasteiger partial charge is 0.491 e. The van der Waals surface area contributed by atoms with Gasteiger partial charge in [-0.15, -0.1) is 0 Å². The summed E-state index contributed by atoms with van der Waals surface area (Å²) in [5, 5.41) is 6.29. The van der Waals surface area contributed by atoms with Gasteiger partial charge in [-0.3, -0.25) is 4.79 Å². The zero-order chi connectivity index (χ0) is 14.5. The molecule has 2 rings (SSSR count). The van der Waals surface area contributed by atoms with Crippen molar-refractivity contribution in [1.82, 2.24) is 5.32 Å². The number of carbonyl (C=O) groups is 1. The summed E-state index contributed by atoms with van der Waals surface area (Å²) in [6.07, 6.45) is 2.19. The highest BCUT2D eigenvalue weighted by atomic mass is 16.5. The van der Waals surface area contributed by atoms with Crippen molar-refractivity contribution in [3.63, 3.8) is 0 Å². The van der Waals surface area contributed by atoms with Gasteiger partial charge in [0.2, 0.25) is 5.91 Å². The van der Waals surface area contributed by atoms with E-state index in [-0.39, 0.29) is 17.9 Å². The summed E-state index contributed by atoms with van der Waals surface area (Å²) in [5.41, 5.74) is 1.90. The van der Waals surface area contributed by atoms with Crippen molar-refractivity contribution in [2.75, 3.05) is 18.4 Å². The second-order valence-corrected chi connectivity index (χ2v) is 5.68. The van der Waals surface area contributed by atoms with Crippen LogP contribution in [0, 0.1) is 12.8 Å². The number of aryl methyl sites for hydroxylation is 1. The van der Waals surface area contributed by atoms with Gasteiger partial charge in [0.05, 0.1) is 12.0 Å². The third kappa shape index (κ3) is 3.97. The van der Waals surface area contributed by atoms with Gasteiger partial charge in [0.15, 0.2) is 0 Å². The fraction of sp³-hybridized carbons (Fsp3) is 0.562. The van der Waals surface area contributed by atoms with Gasteiger partial charge >= 0.3 is 0 Å². The summed E-state index contributed by atoms with van der Waals surface area (Å²) in [5.74, 6) is 1.03. The predicted molar refractivity (Wildman–Crippen MR) is 81.2 cm³/mol. The lowest BCUT2D eigenvalue weighted by molar-refractivity contribution is -0.120. The van der Waals surface area contributed by atoms with Crippen LogP contribution in [0.25, 0.3) is 0 Å². The molecule has 2 N–H and O–H groups in total. The van der Waals surface area contributed by atoms with Crippen molar-refractivity contribution < 1.29 is 9.53 Å². The zero-order valence-electron chi connectivity index (χ0n) is 12.5. The Morgan fingerprint density at radius 1 is 1.45 bits per heavy atom. The molecule has 4 nitrogen and oxygen atoms in total. The topological polar surface area (TPSA) is 50.4 Å². The molecule has 1 amide bonds. The number of amides is 1. The van der Waals surface area contributed by atoms with E-state index in [0.29, 0.717) is 0 Å². The number of hydrogen-bond donors (Lipinski definition) is 2. The quantitative estimate of drug-likeness (QED) is 0.889. The molecule has 20 heavy (non-hydrogen) atoms. The van der Waals surface area contributed by atoms with Crippen LogP contribution in [0.5, 0.6) is 5.75 Å². The maximum Gasteiger partial charge on any atom is 0.228 e. The van der Waals surface area contributed by atoms with Crippen LogP contribution >= 0.6 is 0 Å². The number of benzene rings is 1. The van der Waals surface area contributed by atoms with E-state index in [4.69, 9.17) is 4.74 Å². The molecule has 1 aliphatic rings. The van der Waals surface area contributed by atoms with E-state index >= 15 is 0 Å². The van der Waals surface area contributed by atoms with E-state index < -0.39 is 0 Å². The van der Waals surface area contributed by atoms with E-state index in [0.717, 1.165) is 42.9 Å². The minimum absolute atomic E-state index is 0.0785. The number of ether oxygens (including phenoxy) is 1. The van der Waals surface area contributed by atoms with Crippen molar-refractivity contribution in [3.8, 4) is 5.75 Å². The van der Waals surface area contributed by atoms with Crippen LogP contribution in [0.3, 0.4) is 0 Å². The first-order valence-electron chi connectivity index (χ1n) is 7.35. The molecular weight excluding hydrogens is 252 g/mol. The molecule has 0 aromatic heterocycles. The Bertz CT molecular complexity index is 466. The standard InChI is InChI=1S/C16H24N2O2/c1-11(2)20-14-6-7-15(12(3)9-14)18-16(19)13-5-4-8-17-10-13/h6-7,9,11,13,17H,4-5,8,10H2,1-3H3,(H,18,19)/t13-/m0/s1. The highest BCUT2D eigenvalue weighted by Crippen LogP contribution is 2.23. The Hall–Kier alpha value is -1.55. The Kier molecular flexibility index (Phi) is 5.01. The summed E-state index contributed by atoms with van der Waals surface area (Å²) in [6.45, 7) is 7.79. The van der Waals surface area contributed by atoms with Crippen molar-refractivity contribution >= 4 is 11.6 Å². The van der Waals surface area contributed by atoms with Gasteiger partial charge in [-0.05, 0) is 63.9 Å². The first-order chi connectivity index (χ1) is 9.56. The summed E-state index contributed by atoms with van der Waals surface area (Å²) < 4.78 is 5.65. The second kappa shape index (κ2) is 6.75. The number of nitrogens with one attached hydrogen (secondary N) is 2. The maximum atomic E-state index is 12.2. The van der Waals surface area contributed by atoms with Crippen molar-refractivity contribution in [2.24, 2.45) is 5.92 Å². The molecule has 1 fully saturated rings. The summed E-state index contributed by atoms with van der Waals surface area (Å²) in [4.78, 5) is 12.2. The molecule has 1 atom stereocenters. The molecule has 0 bridgehead atoms. The molecule has 1 aromatic rings. The first kappa shape index (κ1) is 14.9. The smallest absolute Gasteiger partial charge is 0.228 e. The number of anilines is 1. The van der Waals surface area contributed by atoms with Crippen LogP contribution in [-0.2, 0) is 4.79 Å². The van der Waals surface area contributed by atoms with Crippen LogP contribution in [0.4, 0.5) is 5.69 Å². The van der Waals surface area contributed by atoms with Crippen LogP contribution in [0.2, 0.25) is 0 Å². The van der Waals surface area contributed by atoms with Gasteiger partial charge in [0.25, 0.3) is 0 Å². The van der Waals surface area contributed by atoms with Gasteiger partial charge in [-0.1, -0.05) is 0 Å². The Balaban J connectivity index is 2.00. The van der Waals surface area contributed by atoms with Gasteiger partial charge in [0, 0.05) is 12.2 Å². The summed E-state index contributed by atoms with van der Waals surface area (Å²) in [7, 11) is 0. The van der Waals surface area contributed by atoms with Crippen molar-refractivity contribution in [1.29, 1.82) is 0 Å². The van der Waals surface area contributed by atoms with E-state index in [2.05, 4.69) is 10.6 Å². The molecule has 0 spiro atoms. The lowest BCUT2D eigenvalue weighted by atomic mass is 9.98. The fourth-order valence-corrected chi connectivity index (χ4v) is 2.43. The molecule has 0 saturated carbocycles. The molecule has 110 valence electrons. The minimum atomic E-state index is 0.0785. The van der Waals surface area contributed by atoms with E-state index in [1.807, 2.05) is 39.0 Å². The molecule has 1 aliphatic heterocycles. The normalized spacial score (nSPS) is 18.9. The number of rotatable bonds is 4. The van der Waals surface area contributed by atoms with Gasteiger partial charge in [-0.2, -0.15) is 0 Å². The summed E-state index contributed by atoms with van der Waals surface area (Å²) >= 11 is 0. The second-order valence-electron chi connectivity index (χ2n) is 5.68. The van der Waals surface area contributed by atoms with E-state index in [1.54, 1.807) is 0 Å². The van der Waals surface area contributed by atoms with Gasteiger partial charge < -0.3 is 15.4 Å². The molecule has 1 saturated heterocycles. The lowest BCUT2D eigenvalue weighted by Crippen LogP contribution is -2.37. The summed E-state index contributed by atoms with van der Waals surface area (Å²) in [6, 6.07) is 5.79. The third-order valence-corrected chi connectivity index (χ3v) is 3.50. The molecule has 4 heteroatoms. The Morgan fingerprint density at radius 3 is 2.85 bits per heavy atom. The Labute approximate surface area is 120 Å². The van der Waals surface area contributed by atoms with E-state index in [9.17, 15) is 4.79 Å². The first-order valence-corrected chi connectivity index (χ1v) is 7.35. The van der Waals surface area contributed by atoms with Crippen LogP contribution in [0.15, 0.2) is 18.2 Å². The SMILES string of the molecule is Cc1cc(OC(C)C)ccc1NC(=O)[C@H]1CCCNC1. The molecule has 0 unspecified atom stereocenters. The molecule has 0 aliphatic carbocycles. The average Bonchev–Trinajstić information content (AvgIpc) is 2.42. The van der Waals surface area contributed by atoms with Gasteiger partial charge in [-0.25, -0.2) is 0 Å². The highest BCUT2D eigenvalue weighted by molar-refractivity contribution is 5.93. The van der Waals surface area contributed by atoms with Crippen LogP contribution in [0.1, 0.15) is 32.3 Å². The van der Waals surface area contributed by atoms with Gasteiger partial charge in [0.1, 0.15) is 5.75 Å². The Morgan fingerprint density at radius 2 is 2.25 bits per heavy atom. The van der Waals surface area contributed by atoms with Crippen molar-refractivity contribution in [3.05, 3.63) is 23.8 Å². The predicted octanol–water partition coefficient (Wildman–Crippen LogP) is 2.72. The lowest BCUT2D eigenvalue weighted by Gasteiger charge is -2.22.